The summed E-state index contributed by atoms with van der Waals surface area (Å²) in [5.74, 6) is 1.92. The van der Waals surface area contributed by atoms with E-state index >= 15 is 0 Å². The minimum atomic E-state index is -0.207. The average molecular weight is 315 g/mol. The first kappa shape index (κ1) is 14.1. The third-order valence-corrected chi connectivity index (χ3v) is 4.14. The van der Waals surface area contributed by atoms with Gasteiger partial charge in [0.1, 0.15) is 11.9 Å². The van der Waals surface area contributed by atoms with Crippen molar-refractivity contribution in [2.45, 2.75) is 32.9 Å². The summed E-state index contributed by atoms with van der Waals surface area (Å²) in [5.41, 5.74) is 1.52. The molecule has 2 atom stereocenters. The van der Waals surface area contributed by atoms with Crippen molar-refractivity contribution in [1.29, 1.82) is 0 Å². The normalized spacial score (nSPS) is 21.1. The van der Waals surface area contributed by atoms with Crippen LogP contribution in [0, 0.1) is 19.8 Å². The van der Waals surface area contributed by atoms with Gasteiger partial charge in [0.05, 0.1) is 11.3 Å². The van der Waals surface area contributed by atoms with E-state index in [0.717, 1.165) is 24.2 Å². The highest BCUT2D eigenvalue weighted by molar-refractivity contribution is 5.59. The van der Waals surface area contributed by atoms with Crippen LogP contribution in [-0.4, -0.2) is 31.7 Å². The molecule has 4 heterocycles. The molecule has 0 radical (unpaired) electrons. The summed E-state index contributed by atoms with van der Waals surface area (Å²) in [6.45, 7) is 5.13. The van der Waals surface area contributed by atoms with Gasteiger partial charge in [-0.15, -0.1) is 0 Å². The topological polar surface area (TPSA) is 92.0 Å². The molecule has 120 valence electrons. The van der Waals surface area contributed by atoms with E-state index in [4.69, 9.17) is 13.8 Å². The fraction of sp³-hybridized carbons (Fsp3) is 0.467. The van der Waals surface area contributed by atoms with E-state index in [2.05, 4.69) is 20.4 Å². The summed E-state index contributed by atoms with van der Waals surface area (Å²) in [5, 5.41) is 12.2. The van der Waals surface area contributed by atoms with Gasteiger partial charge in [0.25, 0.3) is 5.89 Å². The molecule has 0 aromatic carbocycles. The zero-order valence-electron chi connectivity index (χ0n) is 13.0. The van der Waals surface area contributed by atoms with Gasteiger partial charge in [0.15, 0.2) is 0 Å². The first-order valence-corrected chi connectivity index (χ1v) is 7.58. The number of nitrogens with zero attached hydrogens (tertiary/aromatic N) is 5. The number of hydrogen-bond acceptors (Lipinski definition) is 7. The molecule has 1 saturated heterocycles. The Morgan fingerprint density at radius 2 is 2.17 bits per heavy atom. The van der Waals surface area contributed by atoms with Gasteiger partial charge in [-0.05, 0) is 26.3 Å². The SMILES string of the molecule is Cc1noc(C)c1-c1noc([C@H]2OCC[C@H]2Cn2cccn2)n1. The molecular weight excluding hydrogens is 298 g/mol. The molecule has 1 fully saturated rings. The van der Waals surface area contributed by atoms with Gasteiger partial charge >= 0.3 is 0 Å². The predicted octanol–water partition coefficient (Wildman–Crippen LogP) is 2.32. The van der Waals surface area contributed by atoms with Crippen molar-refractivity contribution in [3.63, 3.8) is 0 Å². The van der Waals surface area contributed by atoms with Gasteiger partial charge in [-0.2, -0.15) is 10.1 Å². The Labute approximate surface area is 132 Å². The molecule has 0 spiro atoms. The van der Waals surface area contributed by atoms with Crippen LogP contribution in [0.5, 0.6) is 0 Å². The molecule has 8 nitrogen and oxygen atoms in total. The van der Waals surface area contributed by atoms with E-state index in [1.807, 2.05) is 30.8 Å². The van der Waals surface area contributed by atoms with Crippen LogP contribution in [0.2, 0.25) is 0 Å². The lowest BCUT2D eigenvalue weighted by Crippen LogP contribution is -2.15. The van der Waals surface area contributed by atoms with Crippen LogP contribution in [-0.2, 0) is 11.3 Å². The lowest BCUT2D eigenvalue weighted by molar-refractivity contribution is 0.0578. The molecule has 0 N–H and O–H groups in total. The summed E-state index contributed by atoms with van der Waals surface area (Å²) in [6, 6.07) is 1.91. The highest BCUT2D eigenvalue weighted by atomic mass is 16.5. The first-order valence-electron chi connectivity index (χ1n) is 7.58. The van der Waals surface area contributed by atoms with Crippen molar-refractivity contribution >= 4 is 0 Å². The van der Waals surface area contributed by atoms with Crippen LogP contribution in [0.25, 0.3) is 11.4 Å². The second kappa shape index (κ2) is 5.62. The van der Waals surface area contributed by atoms with Crippen LogP contribution in [0.15, 0.2) is 27.5 Å². The van der Waals surface area contributed by atoms with E-state index in [1.54, 1.807) is 6.20 Å². The lowest BCUT2D eigenvalue weighted by atomic mass is 10.0. The van der Waals surface area contributed by atoms with Crippen molar-refractivity contribution in [2.75, 3.05) is 6.61 Å². The molecule has 0 saturated carbocycles. The minimum absolute atomic E-state index is 0.207. The minimum Gasteiger partial charge on any atom is -0.368 e. The number of aromatic nitrogens is 5. The van der Waals surface area contributed by atoms with Gasteiger partial charge in [-0.3, -0.25) is 4.68 Å². The van der Waals surface area contributed by atoms with Crippen LogP contribution in [0.4, 0.5) is 0 Å². The molecule has 0 aliphatic carbocycles. The highest BCUT2D eigenvalue weighted by Crippen LogP contribution is 2.36. The molecule has 3 aromatic heterocycles. The van der Waals surface area contributed by atoms with Gasteiger partial charge < -0.3 is 13.8 Å². The van der Waals surface area contributed by atoms with Crippen molar-refractivity contribution < 1.29 is 13.8 Å². The van der Waals surface area contributed by atoms with Gasteiger partial charge in [0, 0.05) is 31.5 Å². The fourth-order valence-electron chi connectivity index (χ4n) is 3.00. The van der Waals surface area contributed by atoms with Gasteiger partial charge in [0.2, 0.25) is 5.82 Å². The van der Waals surface area contributed by atoms with E-state index in [1.165, 1.54) is 0 Å². The molecule has 8 heteroatoms. The second-order valence-corrected chi connectivity index (χ2v) is 5.72. The van der Waals surface area contributed by atoms with E-state index in [0.29, 0.717) is 24.1 Å². The Balaban J connectivity index is 1.58. The maximum atomic E-state index is 5.82. The molecule has 0 amide bonds. The molecular formula is C15H17N5O3. The summed E-state index contributed by atoms with van der Waals surface area (Å²) in [6.07, 6.45) is 4.44. The van der Waals surface area contributed by atoms with E-state index in [-0.39, 0.29) is 12.0 Å². The maximum absolute atomic E-state index is 5.82. The highest BCUT2D eigenvalue weighted by Gasteiger charge is 2.35. The number of hydrogen-bond donors (Lipinski definition) is 0. The Hall–Kier alpha value is -2.48. The van der Waals surface area contributed by atoms with Gasteiger partial charge in [-0.1, -0.05) is 10.3 Å². The number of aryl methyl sites for hydroxylation is 2. The van der Waals surface area contributed by atoms with Crippen LogP contribution in [0.3, 0.4) is 0 Å². The first-order chi connectivity index (χ1) is 11.2. The van der Waals surface area contributed by atoms with Crippen molar-refractivity contribution in [3.05, 3.63) is 35.8 Å². The van der Waals surface area contributed by atoms with Crippen LogP contribution < -0.4 is 0 Å². The van der Waals surface area contributed by atoms with E-state index < -0.39 is 0 Å². The molecule has 1 aliphatic heterocycles. The largest absolute Gasteiger partial charge is 0.368 e. The lowest BCUT2D eigenvalue weighted by Gasteiger charge is -2.14. The summed E-state index contributed by atoms with van der Waals surface area (Å²) in [7, 11) is 0. The van der Waals surface area contributed by atoms with Crippen molar-refractivity contribution in [3.8, 4) is 11.4 Å². The molecule has 1 aliphatic rings. The van der Waals surface area contributed by atoms with Crippen LogP contribution >= 0.6 is 0 Å². The Morgan fingerprint density at radius 1 is 1.26 bits per heavy atom. The Kier molecular flexibility index (Phi) is 3.45. The fourth-order valence-corrected chi connectivity index (χ4v) is 3.00. The third kappa shape index (κ3) is 2.55. The molecule has 3 aromatic rings. The standard InChI is InChI=1S/C15H17N5O3/c1-9-12(10(2)22-18-9)14-17-15(23-19-14)13-11(4-7-21-13)8-20-6-3-5-16-20/h3,5-6,11,13H,4,7-8H2,1-2H3/t11-,13-/m0/s1. The van der Waals surface area contributed by atoms with Crippen LogP contribution in [0.1, 0.15) is 29.9 Å². The maximum Gasteiger partial charge on any atom is 0.256 e. The monoisotopic (exact) mass is 315 g/mol. The Morgan fingerprint density at radius 3 is 2.91 bits per heavy atom. The average Bonchev–Trinajstić information content (AvgIpc) is 3.28. The third-order valence-electron chi connectivity index (χ3n) is 4.14. The van der Waals surface area contributed by atoms with E-state index in [9.17, 15) is 0 Å². The second-order valence-electron chi connectivity index (χ2n) is 5.72. The smallest absolute Gasteiger partial charge is 0.256 e. The zero-order chi connectivity index (χ0) is 15.8. The molecule has 0 unspecified atom stereocenters. The Bertz CT molecular complexity index is 773. The number of ether oxygens (including phenoxy) is 1. The summed E-state index contributed by atoms with van der Waals surface area (Å²) < 4.78 is 18.3. The summed E-state index contributed by atoms with van der Waals surface area (Å²) in [4.78, 5) is 4.50. The quantitative estimate of drug-likeness (QED) is 0.729. The molecule has 23 heavy (non-hydrogen) atoms. The molecule has 0 bridgehead atoms. The molecule has 4 rings (SSSR count). The van der Waals surface area contributed by atoms with Gasteiger partial charge in [-0.25, -0.2) is 0 Å². The zero-order valence-corrected chi connectivity index (χ0v) is 13.0. The van der Waals surface area contributed by atoms with Crippen molar-refractivity contribution in [2.24, 2.45) is 5.92 Å². The predicted molar refractivity (Wildman–Crippen MR) is 78.3 cm³/mol. The van der Waals surface area contributed by atoms with Crippen molar-refractivity contribution in [1.82, 2.24) is 25.1 Å². The summed E-state index contributed by atoms with van der Waals surface area (Å²) >= 11 is 0. The number of rotatable bonds is 4.